The SMILES string of the molecule is COc1ccc(C2c3c(oc4ccc(C)cc4c3=O)C(=O)N2C)cc1. The van der Waals surface area contributed by atoms with E-state index in [0.717, 1.165) is 16.9 Å². The molecule has 5 heteroatoms. The molecule has 5 nitrogen and oxygen atoms in total. The van der Waals surface area contributed by atoms with Crippen molar-refractivity contribution >= 4 is 16.9 Å². The molecule has 0 saturated heterocycles. The first-order chi connectivity index (χ1) is 12.0. The van der Waals surface area contributed by atoms with Gasteiger partial charge in [0, 0.05) is 7.05 Å². The molecule has 1 amide bonds. The van der Waals surface area contributed by atoms with Crippen molar-refractivity contribution in [2.24, 2.45) is 0 Å². The Hall–Kier alpha value is -3.08. The van der Waals surface area contributed by atoms with Gasteiger partial charge in [-0.25, -0.2) is 0 Å². The molecule has 0 fully saturated rings. The molecule has 0 bridgehead atoms. The Balaban J connectivity index is 1.98. The summed E-state index contributed by atoms with van der Waals surface area (Å²) in [5.41, 5.74) is 2.49. The highest BCUT2D eigenvalue weighted by Gasteiger charge is 2.40. The van der Waals surface area contributed by atoms with Crippen molar-refractivity contribution in [2.45, 2.75) is 13.0 Å². The number of carbonyl (C=O) groups is 1. The predicted molar refractivity (Wildman–Crippen MR) is 94.2 cm³/mol. The van der Waals surface area contributed by atoms with Gasteiger partial charge >= 0.3 is 0 Å². The highest BCUT2D eigenvalue weighted by molar-refractivity contribution is 5.98. The van der Waals surface area contributed by atoms with Crippen molar-refractivity contribution in [1.82, 2.24) is 4.90 Å². The lowest BCUT2D eigenvalue weighted by molar-refractivity contribution is 0.0771. The summed E-state index contributed by atoms with van der Waals surface area (Å²) in [6, 6.07) is 12.3. The van der Waals surface area contributed by atoms with Crippen LogP contribution in [0.25, 0.3) is 11.0 Å². The van der Waals surface area contributed by atoms with E-state index in [0.29, 0.717) is 16.5 Å². The van der Waals surface area contributed by atoms with E-state index in [1.54, 1.807) is 31.2 Å². The molecule has 1 atom stereocenters. The van der Waals surface area contributed by atoms with Gasteiger partial charge in [-0.3, -0.25) is 9.59 Å². The third kappa shape index (κ3) is 2.23. The Kier molecular flexibility index (Phi) is 3.39. The summed E-state index contributed by atoms with van der Waals surface area (Å²) in [5, 5.41) is 0.500. The van der Waals surface area contributed by atoms with Crippen molar-refractivity contribution in [2.75, 3.05) is 14.2 Å². The molecule has 4 rings (SSSR count). The van der Waals surface area contributed by atoms with E-state index in [9.17, 15) is 9.59 Å². The van der Waals surface area contributed by atoms with Crippen molar-refractivity contribution in [3.63, 3.8) is 0 Å². The van der Waals surface area contributed by atoms with Gasteiger partial charge in [-0.2, -0.15) is 0 Å². The molecule has 0 N–H and O–H groups in total. The lowest BCUT2D eigenvalue weighted by Gasteiger charge is -2.20. The van der Waals surface area contributed by atoms with Crippen molar-refractivity contribution in [3.05, 3.63) is 75.1 Å². The Bertz CT molecular complexity index is 1050. The highest BCUT2D eigenvalue weighted by Crippen LogP contribution is 2.37. The molecule has 2 aromatic carbocycles. The minimum absolute atomic E-state index is 0.129. The maximum Gasteiger partial charge on any atom is 0.290 e. The Labute approximate surface area is 144 Å². The quantitative estimate of drug-likeness (QED) is 0.721. The van der Waals surface area contributed by atoms with Gasteiger partial charge in [0.15, 0.2) is 5.43 Å². The average molecular weight is 335 g/mol. The summed E-state index contributed by atoms with van der Waals surface area (Å²) in [7, 11) is 3.28. The number of aryl methyl sites for hydroxylation is 1. The van der Waals surface area contributed by atoms with Crippen LogP contribution in [0, 0.1) is 6.92 Å². The lowest BCUT2D eigenvalue weighted by atomic mass is 9.98. The molecule has 0 aliphatic carbocycles. The van der Waals surface area contributed by atoms with Gasteiger partial charge in [-0.05, 0) is 36.8 Å². The number of fused-ring (bicyclic) bond motifs is 2. The number of benzene rings is 2. The van der Waals surface area contributed by atoms with E-state index in [4.69, 9.17) is 9.15 Å². The molecule has 1 aromatic heterocycles. The average Bonchev–Trinajstić information content (AvgIpc) is 2.88. The van der Waals surface area contributed by atoms with Crippen LogP contribution in [0.4, 0.5) is 0 Å². The van der Waals surface area contributed by atoms with E-state index in [-0.39, 0.29) is 17.1 Å². The molecule has 2 heterocycles. The van der Waals surface area contributed by atoms with E-state index in [1.807, 2.05) is 37.3 Å². The van der Waals surface area contributed by atoms with Crippen molar-refractivity contribution in [1.29, 1.82) is 0 Å². The van der Waals surface area contributed by atoms with Gasteiger partial charge in [-0.1, -0.05) is 23.8 Å². The molecule has 3 aromatic rings. The standard InChI is InChI=1S/C20H17NO4/c1-11-4-9-15-14(10-11)18(22)16-17(21(2)20(23)19(16)25-15)12-5-7-13(24-3)8-6-12/h4-10,17H,1-3H3. The number of methoxy groups -OCH3 is 1. The minimum Gasteiger partial charge on any atom is -0.497 e. The van der Waals surface area contributed by atoms with Gasteiger partial charge in [0.1, 0.15) is 11.3 Å². The number of hydrogen-bond donors (Lipinski definition) is 0. The molecule has 1 aliphatic heterocycles. The predicted octanol–water partition coefficient (Wildman–Crippen LogP) is 3.29. The van der Waals surface area contributed by atoms with E-state index in [2.05, 4.69) is 0 Å². The van der Waals surface area contributed by atoms with Crippen LogP contribution in [-0.4, -0.2) is 25.0 Å². The number of nitrogens with zero attached hydrogens (tertiary/aromatic N) is 1. The van der Waals surface area contributed by atoms with E-state index in [1.165, 1.54) is 0 Å². The van der Waals surface area contributed by atoms with Crippen LogP contribution >= 0.6 is 0 Å². The van der Waals surface area contributed by atoms with Gasteiger partial charge < -0.3 is 14.1 Å². The number of hydrogen-bond acceptors (Lipinski definition) is 4. The third-order valence-corrected chi connectivity index (χ3v) is 4.69. The monoisotopic (exact) mass is 335 g/mol. The van der Waals surface area contributed by atoms with Crippen molar-refractivity contribution in [3.8, 4) is 5.75 Å². The second-order valence-electron chi connectivity index (χ2n) is 6.27. The zero-order chi connectivity index (χ0) is 17.7. The van der Waals surface area contributed by atoms with Gasteiger partial charge in [0.2, 0.25) is 5.76 Å². The van der Waals surface area contributed by atoms with Crippen LogP contribution in [0.3, 0.4) is 0 Å². The maximum atomic E-state index is 13.1. The molecule has 0 saturated carbocycles. The molecule has 0 radical (unpaired) electrons. The number of amides is 1. The van der Waals surface area contributed by atoms with Gasteiger partial charge in [0.05, 0.1) is 24.1 Å². The smallest absolute Gasteiger partial charge is 0.290 e. The second kappa shape index (κ2) is 5.48. The molecular weight excluding hydrogens is 318 g/mol. The molecule has 0 spiro atoms. The number of carbonyl (C=O) groups excluding carboxylic acids is 1. The van der Waals surface area contributed by atoms with Gasteiger partial charge in [-0.15, -0.1) is 0 Å². The number of ether oxygens (including phenoxy) is 1. The molecule has 1 aliphatic rings. The van der Waals surface area contributed by atoms with Crippen LogP contribution in [0.5, 0.6) is 5.75 Å². The second-order valence-corrected chi connectivity index (χ2v) is 6.27. The molecule has 1 unspecified atom stereocenters. The largest absolute Gasteiger partial charge is 0.497 e. The zero-order valence-corrected chi connectivity index (χ0v) is 14.2. The summed E-state index contributed by atoms with van der Waals surface area (Å²) < 4.78 is 11.0. The van der Waals surface area contributed by atoms with Crippen LogP contribution in [0.15, 0.2) is 51.7 Å². The topological polar surface area (TPSA) is 59.8 Å². The normalized spacial score (nSPS) is 16.4. The third-order valence-electron chi connectivity index (χ3n) is 4.69. The fourth-order valence-electron chi connectivity index (χ4n) is 3.38. The fraction of sp³-hybridized carbons (Fsp3) is 0.200. The lowest BCUT2D eigenvalue weighted by Crippen LogP contribution is -2.25. The highest BCUT2D eigenvalue weighted by atomic mass is 16.5. The first-order valence-corrected chi connectivity index (χ1v) is 7.99. The molecular formula is C20H17NO4. The molecule has 126 valence electrons. The summed E-state index contributed by atoms with van der Waals surface area (Å²) in [4.78, 5) is 27.3. The Morgan fingerprint density at radius 3 is 2.48 bits per heavy atom. The first kappa shape index (κ1) is 15.4. The van der Waals surface area contributed by atoms with Crippen LogP contribution < -0.4 is 10.2 Å². The van der Waals surface area contributed by atoms with Crippen LogP contribution in [-0.2, 0) is 0 Å². The zero-order valence-electron chi connectivity index (χ0n) is 14.2. The Morgan fingerprint density at radius 2 is 1.80 bits per heavy atom. The van der Waals surface area contributed by atoms with Crippen LogP contribution in [0.1, 0.15) is 33.3 Å². The van der Waals surface area contributed by atoms with Gasteiger partial charge in [0.25, 0.3) is 5.91 Å². The minimum atomic E-state index is -0.463. The van der Waals surface area contributed by atoms with E-state index >= 15 is 0 Å². The summed E-state index contributed by atoms with van der Waals surface area (Å²) in [6.45, 7) is 1.92. The molecule has 25 heavy (non-hydrogen) atoms. The first-order valence-electron chi connectivity index (χ1n) is 7.99. The maximum absolute atomic E-state index is 13.1. The van der Waals surface area contributed by atoms with E-state index < -0.39 is 6.04 Å². The van der Waals surface area contributed by atoms with Crippen LogP contribution in [0.2, 0.25) is 0 Å². The summed E-state index contributed by atoms with van der Waals surface area (Å²) in [5.74, 6) is 0.567. The number of rotatable bonds is 2. The summed E-state index contributed by atoms with van der Waals surface area (Å²) >= 11 is 0. The Morgan fingerprint density at radius 1 is 1.08 bits per heavy atom. The summed E-state index contributed by atoms with van der Waals surface area (Å²) in [6.07, 6.45) is 0. The fourth-order valence-corrected chi connectivity index (χ4v) is 3.38. The van der Waals surface area contributed by atoms with Crippen molar-refractivity contribution < 1.29 is 13.9 Å².